The SMILES string of the molecule is ClC1=CN=CCC(Cl)=C1N1CCCNCC1. The van der Waals surface area contributed by atoms with Gasteiger partial charge in [-0.3, -0.25) is 4.99 Å². The lowest BCUT2D eigenvalue weighted by molar-refractivity contribution is 0.375. The fourth-order valence-corrected chi connectivity index (χ4v) is 2.56. The number of allylic oxidation sites excluding steroid dienone is 2. The molecule has 0 amide bonds. The van der Waals surface area contributed by atoms with Crippen LogP contribution in [0.5, 0.6) is 0 Å². The van der Waals surface area contributed by atoms with Crippen molar-refractivity contribution in [2.45, 2.75) is 12.8 Å². The first-order valence-corrected chi connectivity index (χ1v) is 6.26. The quantitative estimate of drug-likeness (QED) is 0.783. The molecule has 16 heavy (non-hydrogen) atoms. The van der Waals surface area contributed by atoms with Crippen molar-refractivity contribution in [1.82, 2.24) is 10.2 Å². The van der Waals surface area contributed by atoms with E-state index in [0.717, 1.165) is 43.3 Å². The van der Waals surface area contributed by atoms with Gasteiger partial charge < -0.3 is 10.2 Å². The van der Waals surface area contributed by atoms with Crippen LogP contribution in [0.3, 0.4) is 0 Å². The lowest BCUT2D eigenvalue weighted by atomic mass is 10.2. The van der Waals surface area contributed by atoms with Gasteiger partial charge in [-0.15, -0.1) is 0 Å². The number of halogens is 2. The van der Waals surface area contributed by atoms with E-state index in [1.54, 1.807) is 12.4 Å². The molecule has 88 valence electrons. The number of hydrogen-bond acceptors (Lipinski definition) is 3. The molecular weight excluding hydrogens is 245 g/mol. The van der Waals surface area contributed by atoms with Gasteiger partial charge in [-0.1, -0.05) is 23.2 Å². The topological polar surface area (TPSA) is 27.6 Å². The minimum absolute atomic E-state index is 0.639. The minimum atomic E-state index is 0.639. The second kappa shape index (κ2) is 5.71. The van der Waals surface area contributed by atoms with E-state index in [-0.39, 0.29) is 0 Å². The van der Waals surface area contributed by atoms with E-state index in [0.29, 0.717) is 11.5 Å². The summed E-state index contributed by atoms with van der Waals surface area (Å²) in [4.78, 5) is 6.33. The summed E-state index contributed by atoms with van der Waals surface area (Å²) in [5.41, 5.74) is 0.949. The van der Waals surface area contributed by atoms with Gasteiger partial charge in [0.25, 0.3) is 0 Å². The third kappa shape index (κ3) is 2.78. The van der Waals surface area contributed by atoms with E-state index in [4.69, 9.17) is 23.2 Å². The molecule has 0 aromatic rings. The van der Waals surface area contributed by atoms with Crippen molar-refractivity contribution in [3.8, 4) is 0 Å². The second-order valence-corrected chi connectivity index (χ2v) is 4.72. The molecule has 3 nitrogen and oxygen atoms in total. The Balaban J connectivity index is 2.22. The maximum Gasteiger partial charge on any atom is 0.0834 e. The molecule has 2 rings (SSSR count). The predicted octanol–water partition coefficient (Wildman–Crippen LogP) is 2.29. The summed E-state index contributed by atoms with van der Waals surface area (Å²) in [7, 11) is 0. The van der Waals surface area contributed by atoms with Crippen molar-refractivity contribution in [3.05, 3.63) is 22.0 Å². The molecule has 0 unspecified atom stereocenters. The largest absolute Gasteiger partial charge is 0.368 e. The molecule has 2 heterocycles. The lowest BCUT2D eigenvalue weighted by Crippen LogP contribution is -2.28. The first-order chi connectivity index (χ1) is 7.79. The summed E-state index contributed by atoms with van der Waals surface area (Å²) < 4.78 is 0. The van der Waals surface area contributed by atoms with Crippen molar-refractivity contribution < 1.29 is 0 Å². The maximum atomic E-state index is 6.27. The third-order valence-electron chi connectivity index (χ3n) is 2.70. The monoisotopic (exact) mass is 259 g/mol. The first kappa shape index (κ1) is 12.0. The van der Waals surface area contributed by atoms with Crippen LogP contribution >= 0.6 is 23.2 Å². The van der Waals surface area contributed by atoms with E-state index in [2.05, 4.69) is 15.2 Å². The van der Waals surface area contributed by atoms with E-state index in [1.165, 1.54) is 0 Å². The lowest BCUT2D eigenvalue weighted by Gasteiger charge is -2.25. The zero-order valence-corrected chi connectivity index (χ0v) is 10.6. The Morgan fingerprint density at radius 3 is 3.00 bits per heavy atom. The molecular formula is C11H15Cl2N3. The summed E-state index contributed by atoms with van der Waals surface area (Å²) in [6.45, 7) is 3.95. The highest BCUT2D eigenvalue weighted by Gasteiger charge is 2.19. The van der Waals surface area contributed by atoms with E-state index in [9.17, 15) is 0 Å². The third-order valence-corrected chi connectivity index (χ3v) is 3.31. The summed E-state index contributed by atoms with van der Waals surface area (Å²) in [5, 5.41) is 4.78. The highest BCUT2D eigenvalue weighted by atomic mass is 35.5. The van der Waals surface area contributed by atoms with Crippen molar-refractivity contribution >= 4 is 29.4 Å². The molecule has 0 aromatic heterocycles. The molecule has 5 heteroatoms. The predicted molar refractivity (Wildman–Crippen MR) is 69.0 cm³/mol. The van der Waals surface area contributed by atoms with Gasteiger partial charge in [0, 0.05) is 43.5 Å². The minimum Gasteiger partial charge on any atom is -0.368 e. The molecule has 1 saturated heterocycles. The average molecular weight is 260 g/mol. The molecule has 2 aliphatic rings. The molecule has 0 bridgehead atoms. The van der Waals surface area contributed by atoms with Crippen LogP contribution in [0.2, 0.25) is 0 Å². The fourth-order valence-electron chi connectivity index (χ4n) is 1.93. The Hall–Kier alpha value is -0.510. The molecule has 0 radical (unpaired) electrons. The van der Waals surface area contributed by atoms with Gasteiger partial charge in [-0.25, -0.2) is 0 Å². The van der Waals surface area contributed by atoms with Crippen LogP contribution < -0.4 is 5.32 Å². The Kier molecular flexibility index (Phi) is 4.27. The summed E-state index contributed by atoms with van der Waals surface area (Å²) in [6, 6.07) is 0. The van der Waals surface area contributed by atoms with Crippen LogP contribution in [-0.2, 0) is 0 Å². The highest BCUT2D eigenvalue weighted by Crippen LogP contribution is 2.28. The molecule has 0 aliphatic carbocycles. The van der Waals surface area contributed by atoms with Crippen LogP contribution in [0.15, 0.2) is 27.0 Å². The molecule has 1 N–H and O–H groups in total. The van der Waals surface area contributed by atoms with Gasteiger partial charge in [-0.2, -0.15) is 0 Å². The van der Waals surface area contributed by atoms with Gasteiger partial charge in [0.15, 0.2) is 0 Å². The van der Waals surface area contributed by atoms with Gasteiger partial charge in [0.05, 0.1) is 10.7 Å². The number of nitrogens with one attached hydrogen (secondary N) is 1. The number of nitrogens with zero attached hydrogens (tertiary/aromatic N) is 2. The molecule has 0 spiro atoms. The Labute approximate surface area is 106 Å². The van der Waals surface area contributed by atoms with Gasteiger partial charge in [-0.05, 0) is 13.0 Å². The van der Waals surface area contributed by atoms with Gasteiger partial charge in [0.2, 0.25) is 0 Å². The second-order valence-electron chi connectivity index (χ2n) is 3.86. The number of aliphatic imine (C=N–C) groups is 1. The Bertz CT molecular complexity index is 339. The van der Waals surface area contributed by atoms with Crippen molar-refractivity contribution in [2.75, 3.05) is 26.2 Å². The Morgan fingerprint density at radius 1 is 1.25 bits per heavy atom. The van der Waals surface area contributed by atoms with E-state index in [1.807, 2.05) is 0 Å². The molecule has 0 atom stereocenters. The van der Waals surface area contributed by atoms with Gasteiger partial charge in [0.1, 0.15) is 0 Å². The molecule has 0 aromatic carbocycles. The van der Waals surface area contributed by atoms with Crippen LogP contribution in [-0.4, -0.2) is 37.3 Å². The Morgan fingerprint density at radius 2 is 2.12 bits per heavy atom. The van der Waals surface area contributed by atoms with Crippen LogP contribution in [0, 0.1) is 0 Å². The molecule has 0 saturated carbocycles. The standard InChI is InChI=1S/C11H15Cl2N3/c12-9-2-4-15-8-10(13)11(9)16-6-1-3-14-5-7-16/h4,8,14H,1-3,5-7H2. The van der Waals surface area contributed by atoms with Gasteiger partial charge >= 0.3 is 0 Å². The molecule has 2 aliphatic heterocycles. The highest BCUT2D eigenvalue weighted by molar-refractivity contribution is 6.36. The zero-order chi connectivity index (χ0) is 11.4. The van der Waals surface area contributed by atoms with Crippen molar-refractivity contribution in [3.63, 3.8) is 0 Å². The average Bonchev–Trinajstić information content (AvgIpc) is 2.60. The maximum absolute atomic E-state index is 6.27. The van der Waals surface area contributed by atoms with Crippen LogP contribution in [0.4, 0.5) is 0 Å². The van der Waals surface area contributed by atoms with Crippen molar-refractivity contribution in [2.24, 2.45) is 4.99 Å². The summed E-state index contributed by atoms with van der Waals surface area (Å²) >= 11 is 12.5. The number of hydrogen-bond donors (Lipinski definition) is 1. The first-order valence-electron chi connectivity index (χ1n) is 5.51. The van der Waals surface area contributed by atoms with Crippen LogP contribution in [0.1, 0.15) is 12.8 Å². The van der Waals surface area contributed by atoms with E-state index < -0.39 is 0 Å². The van der Waals surface area contributed by atoms with E-state index >= 15 is 0 Å². The zero-order valence-electron chi connectivity index (χ0n) is 9.05. The smallest absolute Gasteiger partial charge is 0.0834 e. The summed E-state index contributed by atoms with van der Waals surface area (Å²) in [5.74, 6) is 0. The van der Waals surface area contributed by atoms with Crippen LogP contribution in [0.25, 0.3) is 0 Å². The fraction of sp³-hybridized carbons (Fsp3) is 0.545. The number of rotatable bonds is 1. The molecule has 1 fully saturated rings. The van der Waals surface area contributed by atoms with Crippen molar-refractivity contribution in [1.29, 1.82) is 0 Å². The normalized spacial score (nSPS) is 22.9. The summed E-state index contributed by atoms with van der Waals surface area (Å²) in [6.07, 6.45) is 5.23.